The summed E-state index contributed by atoms with van der Waals surface area (Å²) in [5.41, 5.74) is 0.722. The molecule has 0 saturated carbocycles. The highest BCUT2D eigenvalue weighted by Crippen LogP contribution is 1.92. The van der Waals surface area contributed by atoms with Gasteiger partial charge in [-0.05, 0) is 6.07 Å². The van der Waals surface area contributed by atoms with E-state index < -0.39 is 0 Å². The van der Waals surface area contributed by atoms with E-state index in [9.17, 15) is 4.79 Å². The molecule has 0 radical (unpaired) electrons. The van der Waals surface area contributed by atoms with Crippen LogP contribution in [0.1, 0.15) is 17.4 Å². The number of ketones is 1. The second-order valence-corrected chi connectivity index (χ2v) is 2.83. The predicted molar refractivity (Wildman–Crippen MR) is 48.5 cm³/mol. The number of carbonyl (C=O) groups is 1. The Morgan fingerprint density at radius 2 is 2.21 bits per heavy atom. The number of Topliss-reactive ketones (excluding diaryl/α,β-unsaturated/α-hetero) is 1. The molecule has 0 fully saturated rings. The minimum atomic E-state index is 0. The number of aromatic nitrogens is 1. The Bertz CT molecular complexity index is 302. The van der Waals surface area contributed by atoms with E-state index in [4.69, 9.17) is 4.74 Å². The molecule has 0 aliphatic carbocycles. The van der Waals surface area contributed by atoms with Crippen molar-refractivity contribution in [2.45, 2.75) is 13.5 Å². The lowest BCUT2D eigenvalue weighted by atomic mass is 10.2. The van der Waals surface area contributed by atoms with Crippen molar-refractivity contribution in [3.05, 3.63) is 30.1 Å². The largest absolute Gasteiger partial charge is 1.00 e. The topological polar surface area (TPSA) is 30.2 Å². The van der Waals surface area contributed by atoms with Gasteiger partial charge in [-0.2, -0.15) is 4.57 Å². The molecule has 0 aliphatic heterocycles. The van der Waals surface area contributed by atoms with Gasteiger partial charge in [-0.25, -0.2) is 0 Å². The van der Waals surface area contributed by atoms with Crippen molar-refractivity contribution in [3.63, 3.8) is 0 Å². The number of pyridine rings is 1. The lowest BCUT2D eigenvalue weighted by molar-refractivity contribution is -0.700. The van der Waals surface area contributed by atoms with Crippen LogP contribution in [0.5, 0.6) is 0 Å². The van der Waals surface area contributed by atoms with Crippen LogP contribution in [0, 0.1) is 0 Å². The second kappa shape index (κ2) is 6.68. The van der Waals surface area contributed by atoms with Gasteiger partial charge in [-0.1, -0.05) is 0 Å². The van der Waals surface area contributed by atoms with E-state index in [1.165, 1.54) is 0 Å². The molecule has 0 N–H and O–H groups in total. The molecule has 14 heavy (non-hydrogen) atoms. The normalized spacial score (nSPS) is 9.29. The Kier molecular flexibility index (Phi) is 6.32. The highest BCUT2D eigenvalue weighted by molar-refractivity contribution is 5.90. The molecule has 1 heterocycles. The summed E-state index contributed by atoms with van der Waals surface area (Å²) in [6, 6.07) is 5.58. The molecule has 1 aromatic heterocycles. The molecule has 0 aromatic carbocycles. The first kappa shape index (κ1) is 13.3. The molecule has 0 aliphatic rings. The minimum absolute atomic E-state index is 0. The SMILES string of the molecule is COCC[n+]1ccccc1C(C)=O.[Br-]. The van der Waals surface area contributed by atoms with Crippen LogP contribution in [0.25, 0.3) is 0 Å². The third kappa shape index (κ3) is 3.55. The van der Waals surface area contributed by atoms with E-state index >= 15 is 0 Å². The molecule has 1 rings (SSSR count). The molecule has 3 nitrogen and oxygen atoms in total. The lowest BCUT2D eigenvalue weighted by Gasteiger charge is -1.99. The fourth-order valence-corrected chi connectivity index (χ4v) is 1.18. The Balaban J connectivity index is 0.00000169. The molecule has 78 valence electrons. The van der Waals surface area contributed by atoms with Crippen molar-refractivity contribution in [1.82, 2.24) is 0 Å². The summed E-state index contributed by atoms with van der Waals surface area (Å²) in [6.07, 6.45) is 1.88. The Morgan fingerprint density at radius 3 is 2.79 bits per heavy atom. The summed E-state index contributed by atoms with van der Waals surface area (Å²) in [6.45, 7) is 2.90. The number of hydrogen-bond acceptors (Lipinski definition) is 2. The highest BCUT2D eigenvalue weighted by atomic mass is 79.9. The minimum Gasteiger partial charge on any atom is -1.00 e. The third-order valence-corrected chi connectivity index (χ3v) is 1.84. The summed E-state index contributed by atoms with van der Waals surface area (Å²) in [5.74, 6) is 0.0803. The highest BCUT2D eigenvalue weighted by Gasteiger charge is 2.12. The zero-order chi connectivity index (χ0) is 9.68. The van der Waals surface area contributed by atoms with Crippen LogP contribution in [0.2, 0.25) is 0 Å². The van der Waals surface area contributed by atoms with E-state index in [-0.39, 0.29) is 22.8 Å². The summed E-state index contributed by atoms with van der Waals surface area (Å²) < 4.78 is 6.84. The molecular formula is C10H14BrNO2. The van der Waals surface area contributed by atoms with Crippen LogP contribution in [-0.4, -0.2) is 19.5 Å². The molecule has 0 saturated heterocycles. The number of rotatable bonds is 4. The van der Waals surface area contributed by atoms with Gasteiger partial charge >= 0.3 is 0 Å². The van der Waals surface area contributed by atoms with Gasteiger partial charge in [0.2, 0.25) is 11.5 Å². The Labute approximate surface area is 94.5 Å². The van der Waals surface area contributed by atoms with Crippen LogP contribution < -0.4 is 21.5 Å². The Morgan fingerprint density at radius 1 is 1.50 bits per heavy atom. The van der Waals surface area contributed by atoms with Gasteiger partial charge in [0.05, 0.1) is 0 Å². The van der Waals surface area contributed by atoms with Crippen LogP contribution in [-0.2, 0) is 11.3 Å². The summed E-state index contributed by atoms with van der Waals surface area (Å²) >= 11 is 0. The number of nitrogens with zero attached hydrogens (tertiary/aromatic N) is 1. The van der Waals surface area contributed by atoms with Crippen molar-refractivity contribution < 1.29 is 31.1 Å². The molecule has 0 atom stereocenters. The van der Waals surface area contributed by atoms with Gasteiger partial charge in [-0.3, -0.25) is 4.79 Å². The van der Waals surface area contributed by atoms with Crippen LogP contribution in [0.15, 0.2) is 24.4 Å². The summed E-state index contributed by atoms with van der Waals surface area (Å²) in [7, 11) is 1.65. The van der Waals surface area contributed by atoms with Crippen molar-refractivity contribution >= 4 is 5.78 Å². The molecular weight excluding hydrogens is 246 g/mol. The average molecular weight is 260 g/mol. The predicted octanol–water partition coefficient (Wildman–Crippen LogP) is -2.17. The van der Waals surface area contributed by atoms with E-state index in [2.05, 4.69) is 0 Å². The fourth-order valence-electron chi connectivity index (χ4n) is 1.18. The maximum absolute atomic E-state index is 11.2. The molecule has 1 aromatic rings. The zero-order valence-electron chi connectivity index (χ0n) is 8.37. The summed E-state index contributed by atoms with van der Waals surface area (Å²) in [5, 5.41) is 0. The zero-order valence-corrected chi connectivity index (χ0v) is 9.95. The average Bonchev–Trinajstić information content (AvgIpc) is 2.15. The maximum Gasteiger partial charge on any atom is 0.248 e. The summed E-state index contributed by atoms with van der Waals surface area (Å²) in [4.78, 5) is 11.2. The number of ether oxygens (including phenoxy) is 1. The third-order valence-electron chi connectivity index (χ3n) is 1.84. The number of hydrogen-bond donors (Lipinski definition) is 0. The number of halogens is 1. The van der Waals surface area contributed by atoms with E-state index in [0.717, 1.165) is 5.69 Å². The molecule has 0 amide bonds. The number of methoxy groups -OCH3 is 1. The molecule has 4 heteroatoms. The van der Waals surface area contributed by atoms with Crippen molar-refractivity contribution in [3.8, 4) is 0 Å². The quantitative estimate of drug-likeness (QED) is 0.455. The van der Waals surface area contributed by atoms with Gasteiger partial charge in [0.15, 0.2) is 12.7 Å². The van der Waals surface area contributed by atoms with Gasteiger partial charge in [0.1, 0.15) is 6.61 Å². The van der Waals surface area contributed by atoms with Crippen molar-refractivity contribution in [2.75, 3.05) is 13.7 Å². The van der Waals surface area contributed by atoms with Crippen LogP contribution >= 0.6 is 0 Å². The van der Waals surface area contributed by atoms with Crippen LogP contribution in [0.3, 0.4) is 0 Å². The van der Waals surface area contributed by atoms with Gasteiger partial charge in [0, 0.05) is 26.2 Å². The monoisotopic (exact) mass is 259 g/mol. The maximum atomic E-state index is 11.2. The van der Waals surface area contributed by atoms with Gasteiger partial charge in [0.25, 0.3) is 0 Å². The van der Waals surface area contributed by atoms with Gasteiger partial charge < -0.3 is 21.7 Å². The fraction of sp³-hybridized carbons (Fsp3) is 0.400. The molecule has 0 bridgehead atoms. The molecule has 0 unspecified atom stereocenters. The van der Waals surface area contributed by atoms with E-state index in [0.29, 0.717) is 13.2 Å². The number of carbonyl (C=O) groups excluding carboxylic acids is 1. The lowest BCUT2D eigenvalue weighted by Crippen LogP contribution is -3.00. The van der Waals surface area contributed by atoms with E-state index in [1.807, 2.05) is 29.0 Å². The molecule has 0 spiro atoms. The van der Waals surface area contributed by atoms with E-state index in [1.54, 1.807) is 14.0 Å². The standard InChI is InChI=1S/C10H14NO2.BrH/c1-9(12)10-5-3-4-6-11(10)7-8-13-2;/h3-6H,7-8H2,1-2H3;1H/q+1;/p-1. The van der Waals surface area contributed by atoms with Crippen LogP contribution in [0.4, 0.5) is 0 Å². The van der Waals surface area contributed by atoms with Gasteiger partial charge in [-0.15, -0.1) is 0 Å². The van der Waals surface area contributed by atoms with Crippen molar-refractivity contribution in [2.24, 2.45) is 0 Å². The first-order valence-corrected chi connectivity index (χ1v) is 4.24. The second-order valence-electron chi connectivity index (χ2n) is 2.83. The smallest absolute Gasteiger partial charge is 0.248 e. The first-order valence-electron chi connectivity index (χ1n) is 4.24. The Hall–Kier alpha value is -0.740. The van der Waals surface area contributed by atoms with Crippen molar-refractivity contribution in [1.29, 1.82) is 0 Å². The first-order chi connectivity index (χ1) is 6.25.